The van der Waals surface area contributed by atoms with Crippen LogP contribution >= 0.6 is 0 Å². The van der Waals surface area contributed by atoms with Gasteiger partial charge in [-0.05, 0) is 50.8 Å². The minimum Gasteiger partial charge on any atom is -0.492 e. The van der Waals surface area contributed by atoms with E-state index in [2.05, 4.69) is 5.32 Å². The molecule has 0 saturated heterocycles. The van der Waals surface area contributed by atoms with Crippen molar-refractivity contribution in [2.24, 2.45) is 0 Å². The summed E-state index contributed by atoms with van der Waals surface area (Å²) in [6.45, 7) is 3.72. The summed E-state index contributed by atoms with van der Waals surface area (Å²) in [6.07, 6.45) is 6.82. The number of hydrogen-bond donors (Lipinski definition) is 1. The van der Waals surface area contributed by atoms with Crippen LogP contribution in [0.25, 0.3) is 0 Å². The lowest BCUT2D eigenvalue weighted by Gasteiger charge is -2.33. The van der Waals surface area contributed by atoms with Crippen molar-refractivity contribution in [3.05, 3.63) is 60.2 Å². The Hall–Kier alpha value is -3.07. The second-order valence-electron chi connectivity index (χ2n) is 9.51. The molecule has 1 N–H and O–H groups in total. The van der Waals surface area contributed by atoms with Crippen LogP contribution in [0.3, 0.4) is 0 Å². The van der Waals surface area contributed by atoms with Crippen LogP contribution in [0.2, 0.25) is 0 Å². The lowest BCUT2D eigenvalue weighted by Crippen LogP contribution is -2.53. The molecule has 0 aliphatic heterocycles. The standard InChI is InChI=1S/C28H39N3O5S/c1-4-36-26-18-12-11-17-25(26)31(37(3,34)35)21-27(32)30(20-19-23-13-7-5-8-14-23)22(2)28(33)29-24-15-9-6-10-16-24/h5,7-8,11-14,17-18,22,24H,4,6,9-10,15-16,19-21H2,1-3H3,(H,29,33). The molecule has 0 bridgehead atoms. The third-order valence-electron chi connectivity index (χ3n) is 6.72. The number of benzene rings is 2. The van der Waals surface area contributed by atoms with Crippen LogP contribution in [0.4, 0.5) is 5.69 Å². The molecule has 0 radical (unpaired) electrons. The molecule has 1 atom stereocenters. The van der Waals surface area contributed by atoms with Gasteiger partial charge in [-0.2, -0.15) is 0 Å². The number of para-hydroxylation sites is 2. The summed E-state index contributed by atoms with van der Waals surface area (Å²) in [4.78, 5) is 28.4. The highest BCUT2D eigenvalue weighted by molar-refractivity contribution is 7.92. The van der Waals surface area contributed by atoms with Crippen LogP contribution in [-0.2, 0) is 26.0 Å². The van der Waals surface area contributed by atoms with Gasteiger partial charge in [-0.3, -0.25) is 13.9 Å². The minimum atomic E-state index is -3.82. The smallest absolute Gasteiger partial charge is 0.244 e. The van der Waals surface area contributed by atoms with Crippen molar-refractivity contribution >= 4 is 27.5 Å². The number of nitrogens with one attached hydrogen (secondary N) is 1. The summed E-state index contributed by atoms with van der Waals surface area (Å²) in [5.74, 6) is -0.282. The van der Waals surface area contributed by atoms with Gasteiger partial charge >= 0.3 is 0 Å². The van der Waals surface area contributed by atoms with Gasteiger partial charge in [0.25, 0.3) is 0 Å². The first-order valence-corrected chi connectivity index (χ1v) is 14.9. The number of amides is 2. The lowest BCUT2D eigenvalue weighted by atomic mass is 9.95. The van der Waals surface area contributed by atoms with Gasteiger partial charge in [-0.25, -0.2) is 8.42 Å². The topological polar surface area (TPSA) is 96.0 Å². The van der Waals surface area contributed by atoms with E-state index in [4.69, 9.17) is 4.74 Å². The minimum absolute atomic E-state index is 0.111. The van der Waals surface area contributed by atoms with E-state index in [1.807, 2.05) is 37.3 Å². The van der Waals surface area contributed by atoms with Crippen molar-refractivity contribution in [2.45, 2.75) is 64.5 Å². The molecule has 1 unspecified atom stereocenters. The molecule has 1 fully saturated rings. The highest BCUT2D eigenvalue weighted by atomic mass is 32.2. The summed E-state index contributed by atoms with van der Waals surface area (Å²) in [7, 11) is -3.82. The van der Waals surface area contributed by atoms with Crippen molar-refractivity contribution < 1.29 is 22.7 Å². The molecule has 37 heavy (non-hydrogen) atoms. The summed E-state index contributed by atoms with van der Waals surface area (Å²) < 4.78 is 32.3. The van der Waals surface area contributed by atoms with Crippen LogP contribution in [0.15, 0.2) is 54.6 Å². The Balaban J connectivity index is 1.85. The maximum atomic E-state index is 13.7. The van der Waals surface area contributed by atoms with Crippen molar-refractivity contribution in [1.29, 1.82) is 0 Å². The number of sulfonamides is 1. The molecule has 1 aliphatic carbocycles. The molecule has 9 heteroatoms. The molecule has 0 heterocycles. The Kier molecular flexibility index (Phi) is 10.4. The summed E-state index contributed by atoms with van der Waals surface area (Å²) in [5.41, 5.74) is 1.32. The van der Waals surface area contributed by atoms with E-state index in [1.165, 1.54) is 11.3 Å². The zero-order chi connectivity index (χ0) is 26.8. The molecule has 3 rings (SSSR count). The SMILES string of the molecule is CCOc1ccccc1N(CC(=O)N(CCc1ccccc1)C(C)C(=O)NC1CCCCC1)S(C)(=O)=O. The molecular formula is C28H39N3O5S. The van der Waals surface area contributed by atoms with Gasteiger partial charge in [-0.15, -0.1) is 0 Å². The van der Waals surface area contributed by atoms with Crippen molar-refractivity contribution in [1.82, 2.24) is 10.2 Å². The molecule has 1 saturated carbocycles. The number of anilines is 1. The van der Waals surface area contributed by atoms with Crippen LogP contribution < -0.4 is 14.4 Å². The summed E-state index contributed by atoms with van der Waals surface area (Å²) >= 11 is 0. The predicted molar refractivity (Wildman–Crippen MR) is 146 cm³/mol. The Bertz CT molecular complexity index is 1130. The Morgan fingerprint density at radius 3 is 2.32 bits per heavy atom. The Morgan fingerprint density at radius 2 is 1.68 bits per heavy atom. The van der Waals surface area contributed by atoms with Crippen LogP contribution in [0.5, 0.6) is 5.75 Å². The van der Waals surface area contributed by atoms with Crippen molar-refractivity contribution in [3.8, 4) is 5.75 Å². The van der Waals surface area contributed by atoms with Crippen molar-refractivity contribution in [3.63, 3.8) is 0 Å². The third kappa shape index (κ3) is 8.21. The van der Waals surface area contributed by atoms with E-state index in [9.17, 15) is 18.0 Å². The number of rotatable bonds is 12. The first-order valence-electron chi connectivity index (χ1n) is 13.0. The van der Waals surface area contributed by atoms with Crippen LogP contribution in [0, 0.1) is 0 Å². The molecule has 0 aromatic heterocycles. The largest absolute Gasteiger partial charge is 0.492 e. The fraction of sp³-hybridized carbons (Fsp3) is 0.500. The summed E-state index contributed by atoms with van der Waals surface area (Å²) in [5, 5.41) is 3.11. The van der Waals surface area contributed by atoms with Gasteiger partial charge in [0, 0.05) is 12.6 Å². The van der Waals surface area contributed by atoms with Gasteiger partial charge in [0.2, 0.25) is 21.8 Å². The van der Waals surface area contributed by atoms with Crippen LogP contribution in [0.1, 0.15) is 51.5 Å². The van der Waals surface area contributed by atoms with E-state index in [-0.39, 0.29) is 18.5 Å². The molecule has 1 aliphatic rings. The van der Waals surface area contributed by atoms with E-state index >= 15 is 0 Å². The van der Waals surface area contributed by atoms with Crippen molar-refractivity contribution in [2.75, 3.05) is 30.3 Å². The van der Waals surface area contributed by atoms with Gasteiger partial charge < -0.3 is 15.0 Å². The maximum Gasteiger partial charge on any atom is 0.244 e. The normalized spacial score (nSPS) is 15.0. The second-order valence-corrected chi connectivity index (χ2v) is 11.4. The fourth-order valence-corrected chi connectivity index (χ4v) is 5.53. The van der Waals surface area contributed by atoms with E-state index in [0.29, 0.717) is 24.5 Å². The molecule has 2 aromatic carbocycles. The zero-order valence-corrected chi connectivity index (χ0v) is 22.9. The molecule has 8 nitrogen and oxygen atoms in total. The number of nitrogens with zero attached hydrogens (tertiary/aromatic N) is 2. The predicted octanol–water partition coefficient (Wildman–Crippen LogP) is 3.76. The van der Waals surface area contributed by atoms with Gasteiger partial charge in [0.1, 0.15) is 18.3 Å². The lowest BCUT2D eigenvalue weighted by molar-refractivity contribution is -0.139. The first kappa shape index (κ1) is 28.5. The first-order chi connectivity index (χ1) is 17.7. The molecule has 202 valence electrons. The van der Waals surface area contributed by atoms with E-state index < -0.39 is 28.5 Å². The molecule has 2 aromatic rings. The van der Waals surface area contributed by atoms with E-state index in [0.717, 1.165) is 41.8 Å². The monoisotopic (exact) mass is 529 g/mol. The van der Waals surface area contributed by atoms with Gasteiger partial charge in [0.15, 0.2) is 0 Å². The molecule has 0 spiro atoms. The Labute approximate surface area is 221 Å². The fourth-order valence-electron chi connectivity index (χ4n) is 4.67. The Morgan fingerprint density at radius 1 is 1.03 bits per heavy atom. The number of carbonyl (C=O) groups is 2. The maximum absolute atomic E-state index is 13.7. The second kappa shape index (κ2) is 13.5. The quantitative estimate of drug-likeness (QED) is 0.452. The average Bonchev–Trinajstić information content (AvgIpc) is 2.88. The zero-order valence-electron chi connectivity index (χ0n) is 22.1. The highest BCUT2D eigenvalue weighted by Gasteiger charge is 2.31. The van der Waals surface area contributed by atoms with Gasteiger partial charge in [-0.1, -0.05) is 61.7 Å². The number of hydrogen-bond acceptors (Lipinski definition) is 5. The summed E-state index contributed by atoms with van der Waals surface area (Å²) in [6, 6.07) is 15.8. The van der Waals surface area contributed by atoms with Gasteiger partial charge in [0.05, 0.1) is 18.6 Å². The number of ether oxygens (including phenoxy) is 1. The van der Waals surface area contributed by atoms with Crippen LogP contribution in [-0.4, -0.2) is 63.2 Å². The number of carbonyl (C=O) groups excluding carboxylic acids is 2. The molecule has 2 amide bonds. The molecular weight excluding hydrogens is 490 g/mol. The van der Waals surface area contributed by atoms with E-state index in [1.54, 1.807) is 31.2 Å². The third-order valence-corrected chi connectivity index (χ3v) is 7.84. The average molecular weight is 530 g/mol. The highest BCUT2D eigenvalue weighted by Crippen LogP contribution is 2.30.